The highest BCUT2D eigenvalue weighted by molar-refractivity contribution is 7.13. The van der Waals surface area contributed by atoms with E-state index in [0.717, 1.165) is 21.7 Å². The number of aromatic nitrogens is 2. The summed E-state index contributed by atoms with van der Waals surface area (Å²) >= 11 is 1.48. The van der Waals surface area contributed by atoms with Crippen molar-refractivity contribution in [2.45, 2.75) is 13.8 Å². The van der Waals surface area contributed by atoms with Crippen molar-refractivity contribution in [2.24, 2.45) is 0 Å². The molecule has 21 heavy (non-hydrogen) atoms. The van der Waals surface area contributed by atoms with Crippen LogP contribution in [0.3, 0.4) is 0 Å². The topological polar surface area (TPSA) is 55.1 Å². The first kappa shape index (κ1) is 13.6. The number of hydrogen-bond donors (Lipinski definition) is 1. The number of aryl methyl sites for hydroxylation is 2. The van der Waals surface area contributed by atoms with Gasteiger partial charge in [-0.15, -0.1) is 11.3 Å². The van der Waals surface area contributed by atoms with Gasteiger partial charge in [0.2, 0.25) is 0 Å². The maximum atomic E-state index is 11.5. The standard InChI is InChI=1S/C16H14N2O2S/c1-10-5-6-11(2)13(8-10)18-9-12(16(19)20)15(17-18)14-4-3-7-21-14/h3-9H,1-2H3,(H,19,20). The normalized spacial score (nSPS) is 10.8. The minimum atomic E-state index is -0.963. The van der Waals surface area contributed by atoms with Gasteiger partial charge in [0.25, 0.3) is 0 Å². The van der Waals surface area contributed by atoms with Gasteiger partial charge in [0, 0.05) is 6.20 Å². The molecular formula is C16H14N2O2S. The van der Waals surface area contributed by atoms with Crippen LogP contribution >= 0.6 is 11.3 Å². The van der Waals surface area contributed by atoms with Crippen LogP contribution in [-0.4, -0.2) is 20.9 Å². The number of carbonyl (C=O) groups is 1. The Balaban J connectivity index is 2.19. The molecule has 0 aliphatic carbocycles. The molecule has 2 heterocycles. The zero-order valence-electron chi connectivity index (χ0n) is 11.7. The second kappa shape index (κ2) is 5.18. The lowest BCUT2D eigenvalue weighted by molar-refractivity contribution is 0.0697. The fraction of sp³-hybridized carbons (Fsp3) is 0.125. The van der Waals surface area contributed by atoms with Crippen LogP contribution in [0, 0.1) is 13.8 Å². The Morgan fingerprint density at radius 2 is 2.10 bits per heavy atom. The third-order valence-electron chi connectivity index (χ3n) is 3.31. The van der Waals surface area contributed by atoms with E-state index in [2.05, 4.69) is 5.10 Å². The molecule has 0 aliphatic rings. The lowest BCUT2D eigenvalue weighted by atomic mass is 10.1. The van der Waals surface area contributed by atoms with Crippen molar-refractivity contribution in [3.63, 3.8) is 0 Å². The van der Waals surface area contributed by atoms with Crippen molar-refractivity contribution in [2.75, 3.05) is 0 Å². The summed E-state index contributed by atoms with van der Waals surface area (Å²) in [6, 6.07) is 9.82. The fourth-order valence-corrected chi connectivity index (χ4v) is 2.94. The molecule has 0 bridgehead atoms. The average molecular weight is 298 g/mol. The first-order chi connectivity index (χ1) is 10.1. The summed E-state index contributed by atoms with van der Waals surface area (Å²) in [6.45, 7) is 3.99. The lowest BCUT2D eigenvalue weighted by Crippen LogP contribution is -1.98. The number of thiophene rings is 1. The SMILES string of the molecule is Cc1ccc(C)c(-n2cc(C(=O)O)c(-c3cccs3)n2)c1. The van der Waals surface area contributed by atoms with Gasteiger partial charge in [-0.2, -0.15) is 5.10 Å². The highest BCUT2D eigenvalue weighted by Crippen LogP contribution is 2.28. The molecule has 1 N–H and O–H groups in total. The molecule has 5 heteroatoms. The number of hydrogen-bond acceptors (Lipinski definition) is 3. The van der Waals surface area contributed by atoms with E-state index in [-0.39, 0.29) is 5.56 Å². The molecule has 3 aromatic rings. The Labute approximate surface area is 126 Å². The molecule has 0 atom stereocenters. The number of rotatable bonds is 3. The van der Waals surface area contributed by atoms with Crippen molar-refractivity contribution >= 4 is 17.3 Å². The van der Waals surface area contributed by atoms with Gasteiger partial charge in [-0.05, 0) is 42.5 Å². The van der Waals surface area contributed by atoms with Gasteiger partial charge in [0.15, 0.2) is 0 Å². The van der Waals surface area contributed by atoms with E-state index in [4.69, 9.17) is 0 Å². The van der Waals surface area contributed by atoms with Crippen LogP contribution < -0.4 is 0 Å². The predicted octanol–water partition coefficient (Wildman–Crippen LogP) is 3.92. The summed E-state index contributed by atoms with van der Waals surface area (Å²) in [6.07, 6.45) is 1.58. The van der Waals surface area contributed by atoms with Crippen LogP contribution in [0.2, 0.25) is 0 Å². The zero-order chi connectivity index (χ0) is 15.0. The van der Waals surface area contributed by atoms with Crippen LogP contribution in [0.5, 0.6) is 0 Å². The van der Waals surface area contributed by atoms with Crippen molar-refractivity contribution in [1.29, 1.82) is 0 Å². The number of aromatic carboxylic acids is 1. The molecule has 0 aliphatic heterocycles. The van der Waals surface area contributed by atoms with E-state index in [1.807, 2.05) is 49.6 Å². The summed E-state index contributed by atoms with van der Waals surface area (Å²) in [5, 5.41) is 15.8. The molecule has 4 nitrogen and oxygen atoms in total. The number of nitrogens with zero attached hydrogens (tertiary/aromatic N) is 2. The molecule has 0 radical (unpaired) electrons. The van der Waals surface area contributed by atoms with E-state index in [1.54, 1.807) is 10.9 Å². The van der Waals surface area contributed by atoms with E-state index >= 15 is 0 Å². The minimum Gasteiger partial charge on any atom is -0.478 e. The second-order valence-corrected chi connectivity index (χ2v) is 5.86. The highest BCUT2D eigenvalue weighted by atomic mass is 32.1. The van der Waals surface area contributed by atoms with Gasteiger partial charge in [-0.3, -0.25) is 0 Å². The van der Waals surface area contributed by atoms with Gasteiger partial charge in [-0.1, -0.05) is 18.2 Å². The predicted molar refractivity (Wildman–Crippen MR) is 83.3 cm³/mol. The third-order valence-corrected chi connectivity index (χ3v) is 4.19. The van der Waals surface area contributed by atoms with Crippen molar-refractivity contribution in [1.82, 2.24) is 9.78 Å². The summed E-state index contributed by atoms with van der Waals surface area (Å²) in [5.41, 5.74) is 3.80. The summed E-state index contributed by atoms with van der Waals surface area (Å²) in [5.74, 6) is -0.963. The third kappa shape index (κ3) is 2.48. The lowest BCUT2D eigenvalue weighted by Gasteiger charge is -2.06. The quantitative estimate of drug-likeness (QED) is 0.797. The summed E-state index contributed by atoms with van der Waals surface area (Å²) in [4.78, 5) is 12.3. The Hall–Kier alpha value is -2.40. The molecular weight excluding hydrogens is 284 g/mol. The van der Waals surface area contributed by atoms with E-state index < -0.39 is 5.97 Å². The smallest absolute Gasteiger partial charge is 0.339 e. The van der Waals surface area contributed by atoms with Crippen molar-refractivity contribution in [3.05, 3.63) is 58.6 Å². The molecule has 0 saturated carbocycles. The summed E-state index contributed by atoms with van der Waals surface area (Å²) < 4.78 is 1.65. The van der Waals surface area contributed by atoms with E-state index in [1.165, 1.54) is 11.3 Å². The van der Waals surface area contributed by atoms with Crippen LogP contribution in [-0.2, 0) is 0 Å². The van der Waals surface area contributed by atoms with Gasteiger partial charge >= 0.3 is 5.97 Å². The van der Waals surface area contributed by atoms with Gasteiger partial charge in [-0.25, -0.2) is 9.48 Å². The minimum absolute atomic E-state index is 0.221. The second-order valence-electron chi connectivity index (χ2n) is 4.91. The molecule has 1 aromatic carbocycles. The molecule has 2 aromatic heterocycles. The zero-order valence-corrected chi connectivity index (χ0v) is 12.5. The van der Waals surface area contributed by atoms with Gasteiger partial charge in [0.1, 0.15) is 11.3 Å². The fourth-order valence-electron chi connectivity index (χ4n) is 2.22. The maximum Gasteiger partial charge on any atom is 0.339 e. The molecule has 0 spiro atoms. The van der Waals surface area contributed by atoms with Crippen LogP contribution in [0.25, 0.3) is 16.3 Å². The highest BCUT2D eigenvalue weighted by Gasteiger charge is 2.19. The van der Waals surface area contributed by atoms with Crippen LogP contribution in [0.4, 0.5) is 0 Å². The first-order valence-corrected chi connectivity index (χ1v) is 7.38. The maximum absolute atomic E-state index is 11.5. The van der Waals surface area contributed by atoms with Crippen LogP contribution in [0.1, 0.15) is 21.5 Å². The van der Waals surface area contributed by atoms with Gasteiger partial charge in [0.05, 0.1) is 10.6 Å². The molecule has 0 unspecified atom stereocenters. The Kier molecular flexibility index (Phi) is 3.35. The Morgan fingerprint density at radius 1 is 1.29 bits per heavy atom. The van der Waals surface area contributed by atoms with E-state index in [0.29, 0.717) is 5.69 Å². The Bertz CT molecular complexity index is 804. The molecule has 3 rings (SSSR count). The largest absolute Gasteiger partial charge is 0.478 e. The molecule has 106 valence electrons. The Morgan fingerprint density at radius 3 is 2.76 bits per heavy atom. The van der Waals surface area contributed by atoms with Gasteiger partial charge < -0.3 is 5.11 Å². The van der Waals surface area contributed by atoms with Crippen molar-refractivity contribution in [3.8, 4) is 16.3 Å². The van der Waals surface area contributed by atoms with E-state index in [9.17, 15) is 9.90 Å². The number of benzene rings is 1. The average Bonchev–Trinajstić information content (AvgIpc) is 3.09. The number of carboxylic acids is 1. The monoisotopic (exact) mass is 298 g/mol. The van der Waals surface area contributed by atoms with Crippen LogP contribution in [0.15, 0.2) is 41.9 Å². The molecule has 0 saturated heterocycles. The molecule has 0 fully saturated rings. The number of carboxylic acid groups (broad SMARTS) is 1. The first-order valence-electron chi connectivity index (χ1n) is 6.51. The summed E-state index contributed by atoms with van der Waals surface area (Å²) in [7, 11) is 0. The molecule has 0 amide bonds. The van der Waals surface area contributed by atoms with Crippen molar-refractivity contribution < 1.29 is 9.90 Å².